The minimum atomic E-state index is -1.38. The number of ether oxygens (including phenoxy) is 4. The number of fused-ring (bicyclic) bond motifs is 4. The first kappa shape index (κ1) is 56.8. The average molecular weight is 1100 g/mol. The summed E-state index contributed by atoms with van der Waals surface area (Å²) in [6.45, 7) is 4.43. The second-order valence-electron chi connectivity index (χ2n) is 20.3. The van der Waals surface area contributed by atoms with Crippen LogP contribution >= 0.6 is 0 Å². The summed E-state index contributed by atoms with van der Waals surface area (Å²) >= 11 is 0. The van der Waals surface area contributed by atoms with Crippen molar-refractivity contribution in [3.63, 3.8) is 0 Å². The van der Waals surface area contributed by atoms with Crippen molar-refractivity contribution in [3.8, 4) is 24.7 Å². The maximum Gasteiger partial charge on any atom is 0.179 e. The van der Waals surface area contributed by atoms with Crippen LogP contribution in [0.5, 0.6) is 0 Å². The summed E-state index contributed by atoms with van der Waals surface area (Å²) in [5, 5.41) is 60.4. The Labute approximate surface area is 457 Å². The van der Waals surface area contributed by atoms with E-state index in [1.54, 1.807) is 16.8 Å². The summed E-state index contributed by atoms with van der Waals surface area (Å²) in [5.41, 5.74) is 21.5. The molecular weight excluding hydrogens is 1040 g/mol. The number of hydrogen-bond acceptors (Lipinski definition) is 23. The minimum absolute atomic E-state index is 0.0409. The van der Waals surface area contributed by atoms with E-state index in [1.165, 1.54) is 25.3 Å². The van der Waals surface area contributed by atoms with Crippen molar-refractivity contribution in [2.24, 2.45) is 17.8 Å². The first-order valence-corrected chi connectivity index (χ1v) is 25.6. The molecule has 14 N–H and O–H groups in total. The largest absolute Gasteiger partial charge is 0.393 e. The first-order chi connectivity index (χ1) is 38.4. The van der Waals surface area contributed by atoms with Crippen molar-refractivity contribution in [3.05, 3.63) is 74.4 Å². The van der Waals surface area contributed by atoms with Gasteiger partial charge in [0.1, 0.15) is 108 Å². The number of aromatic nitrogens is 12. The number of aliphatic hydroxyl groups excluding tert-OH is 6. The highest BCUT2D eigenvalue weighted by Gasteiger charge is 2.50. The van der Waals surface area contributed by atoms with Crippen molar-refractivity contribution in [2.45, 2.75) is 99.9 Å². The molecule has 4 saturated heterocycles. The number of nitrogens with zero attached hydrogens (tertiary/aromatic N) is 12. The van der Waals surface area contributed by atoms with Gasteiger partial charge in [0.25, 0.3) is 0 Å². The van der Waals surface area contributed by atoms with Gasteiger partial charge in [-0.3, -0.25) is 0 Å². The normalized spacial score (nSPS) is 28.6. The molecule has 4 aliphatic rings. The maximum absolute atomic E-state index is 11.3. The van der Waals surface area contributed by atoms with Crippen molar-refractivity contribution in [1.82, 2.24) is 58.1 Å². The zero-order chi connectivity index (χ0) is 57.3. The van der Waals surface area contributed by atoms with Gasteiger partial charge in [-0.2, -0.15) is 0 Å². The number of aliphatic hydroxyl groups is 6. The van der Waals surface area contributed by atoms with Gasteiger partial charge in [0.05, 0.1) is 54.6 Å². The number of hydrogen-bond donors (Lipinski definition) is 10. The van der Waals surface area contributed by atoms with Gasteiger partial charge in [0.15, 0.2) is 23.1 Å². The van der Waals surface area contributed by atoms with E-state index in [4.69, 9.17) is 54.7 Å². The second kappa shape index (κ2) is 22.7. The molecule has 12 rings (SSSR count). The van der Waals surface area contributed by atoms with Gasteiger partial charge < -0.3 is 95.6 Å². The summed E-state index contributed by atoms with van der Waals surface area (Å²) in [6, 6.07) is 7.29. The molecule has 12 heterocycles. The van der Waals surface area contributed by atoms with E-state index in [2.05, 4.69) is 51.7 Å². The molecule has 422 valence electrons. The fourth-order valence-electron chi connectivity index (χ4n) is 10.6. The van der Waals surface area contributed by atoms with Crippen LogP contribution in [0.15, 0.2) is 74.4 Å². The number of aldehydes is 1. The van der Waals surface area contributed by atoms with Gasteiger partial charge in [0.2, 0.25) is 0 Å². The van der Waals surface area contributed by atoms with E-state index >= 15 is 0 Å². The molecule has 0 amide bonds. The fourth-order valence-corrected chi connectivity index (χ4v) is 10.6. The van der Waals surface area contributed by atoms with E-state index in [-0.39, 0.29) is 69.3 Å². The quantitative estimate of drug-likeness (QED) is 0.0683. The Hall–Kier alpha value is -7.93. The van der Waals surface area contributed by atoms with Crippen molar-refractivity contribution in [2.75, 3.05) is 56.0 Å². The van der Waals surface area contributed by atoms with Crippen molar-refractivity contribution < 1.29 is 54.4 Å². The molecule has 4 fully saturated rings. The van der Waals surface area contributed by atoms with Gasteiger partial charge in [-0.1, -0.05) is 32.6 Å². The van der Waals surface area contributed by atoms with Gasteiger partial charge >= 0.3 is 0 Å². The van der Waals surface area contributed by atoms with Crippen molar-refractivity contribution >= 4 is 73.7 Å². The van der Waals surface area contributed by atoms with Crippen LogP contribution in [-0.2, 0) is 23.7 Å². The Kier molecular flexibility index (Phi) is 16.1. The van der Waals surface area contributed by atoms with Gasteiger partial charge in [-0.25, -0.2) is 39.9 Å². The molecule has 0 unspecified atom stereocenters. The van der Waals surface area contributed by atoms with Gasteiger partial charge in [0, 0.05) is 37.1 Å². The summed E-state index contributed by atoms with van der Waals surface area (Å²) < 4.78 is 30.6. The standard InChI is InChI=1S/C14H16N4O2.C13H18N4O3.C13H16N4O3.C13H14N4O3/c1-3-14(7-19)9(2)6-11(20-14)18-5-4-10-12(15)16-8-17-13(10)18;2*1-8-4-10(20-13(8,5-18)6-19)17-3-2-9-11(14)15-7-16-12(9)17;1-2-13(6-18)9(19)5-10(20-13)17-4-3-8-11(14)15-7-16-12(8)17/h1,4-5,8-9,11,19H,6-7H2,2H3,(H2,15,16,17);2-3,7-8,10,18-19H,4-6H2,1H3,(H2,14,15,16);2-3,5,7-8,10,19H,4,6H2,1H3,(H2,14,15,16);1,3-4,7,9-10,18-19H,5-6H2,(H2,14,15,16)/t9-,11+,14+;8-,10+;8-,10+,13+;9-,10+,13+/m0000/s1. The Morgan fingerprint density at radius 1 is 0.512 bits per heavy atom. The predicted octanol–water partition coefficient (Wildman–Crippen LogP) is 1.38. The number of nitrogen functional groups attached to an aromatic ring is 4. The van der Waals surface area contributed by atoms with Gasteiger partial charge in [-0.15, -0.1) is 12.8 Å². The van der Waals surface area contributed by atoms with E-state index in [1.807, 2.05) is 71.3 Å². The lowest BCUT2D eigenvalue weighted by Crippen LogP contribution is -2.42. The maximum atomic E-state index is 11.3. The molecule has 0 aromatic carbocycles. The van der Waals surface area contributed by atoms with Gasteiger partial charge in [-0.05, 0) is 55.4 Å². The van der Waals surface area contributed by atoms with Crippen LogP contribution in [-0.4, -0.2) is 157 Å². The van der Waals surface area contributed by atoms with Crippen molar-refractivity contribution in [1.29, 1.82) is 0 Å². The van der Waals surface area contributed by atoms with E-state index < -0.39 is 41.3 Å². The highest BCUT2D eigenvalue weighted by molar-refractivity contribution is 5.88. The predicted molar refractivity (Wildman–Crippen MR) is 290 cm³/mol. The zero-order valence-electron chi connectivity index (χ0n) is 44.0. The molecule has 0 spiro atoms. The van der Waals surface area contributed by atoms with Crippen LogP contribution in [0, 0.1) is 42.4 Å². The molecule has 0 bridgehead atoms. The molecule has 8 aromatic heterocycles. The topological polar surface area (TPSA) is 402 Å². The second-order valence-corrected chi connectivity index (χ2v) is 20.3. The summed E-state index contributed by atoms with van der Waals surface area (Å²) in [4.78, 5) is 43.9. The number of terminal acetylenes is 2. The Balaban J connectivity index is 0.000000129. The Morgan fingerprint density at radius 2 is 0.863 bits per heavy atom. The number of carbonyl (C=O) groups is 1. The third-order valence-electron chi connectivity index (χ3n) is 15.9. The van der Waals surface area contributed by atoms with Crippen LogP contribution < -0.4 is 22.9 Å². The molecule has 11 atom stereocenters. The third kappa shape index (κ3) is 9.87. The smallest absolute Gasteiger partial charge is 0.179 e. The minimum Gasteiger partial charge on any atom is -0.393 e. The molecule has 27 nitrogen and oxygen atoms in total. The lowest BCUT2D eigenvalue weighted by Gasteiger charge is -2.28. The van der Waals surface area contributed by atoms with E-state index in [0.29, 0.717) is 76.8 Å². The molecule has 0 radical (unpaired) electrons. The monoisotopic (exact) mass is 1100 g/mol. The number of anilines is 4. The zero-order valence-corrected chi connectivity index (χ0v) is 44.0. The number of carbonyl (C=O) groups excluding carboxylic acids is 1. The van der Waals surface area contributed by atoms with E-state index in [0.717, 1.165) is 16.2 Å². The lowest BCUT2D eigenvalue weighted by atomic mass is 9.90. The van der Waals surface area contributed by atoms with Crippen LogP contribution in [0.3, 0.4) is 0 Å². The number of rotatable bonds is 10. The number of nitrogens with two attached hydrogens (primary N) is 4. The fraction of sp³-hybridized carbons (Fsp3) is 0.453. The summed E-state index contributed by atoms with van der Waals surface area (Å²) in [5.74, 6) is 6.58. The molecular formula is C53H64N16O11. The molecule has 0 saturated carbocycles. The van der Waals surface area contributed by atoms with Crippen LogP contribution in [0.25, 0.3) is 44.1 Å². The van der Waals surface area contributed by atoms with Crippen LogP contribution in [0.2, 0.25) is 0 Å². The first-order valence-electron chi connectivity index (χ1n) is 25.6. The SMILES string of the molecule is C#C[C@]1(CO)O[C@@H](n2ccc3c(N)ncnc32)C[C@@H]1C.C#C[C@]1(CO)O[C@@H](n2ccc3c(N)ncnc32)C[C@@H]1O.C[C@H]1C[C@H](n2ccc3c(N)ncnc32)OC1(CO)CO.C[C@H]1C[C@H](n2ccc3c(N)ncnc32)O[C@]1(C=O)CO. The molecule has 27 heteroatoms. The average Bonchev–Trinajstić information content (AvgIpc) is 4.35. The summed E-state index contributed by atoms with van der Waals surface area (Å²) in [7, 11) is 0. The highest BCUT2D eigenvalue weighted by atomic mass is 16.6. The molecule has 80 heavy (non-hydrogen) atoms. The highest BCUT2D eigenvalue weighted by Crippen LogP contribution is 2.45. The Bertz CT molecular complexity index is 3470. The third-order valence-corrected chi connectivity index (χ3v) is 15.9. The van der Waals surface area contributed by atoms with E-state index in [9.17, 15) is 35.4 Å². The Morgan fingerprint density at radius 3 is 1.18 bits per heavy atom. The molecule has 4 aliphatic heterocycles. The summed E-state index contributed by atoms with van der Waals surface area (Å²) in [6.07, 6.45) is 24.4. The van der Waals surface area contributed by atoms with Crippen LogP contribution in [0.4, 0.5) is 23.3 Å². The molecule has 0 aliphatic carbocycles. The lowest BCUT2D eigenvalue weighted by molar-refractivity contribution is -0.144. The molecule has 8 aromatic rings. The van der Waals surface area contributed by atoms with Crippen LogP contribution in [0.1, 0.15) is 71.4 Å².